The number of nitrogens with zero attached hydrogens (tertiary/aromatic N) is 2. The van der Waals surface area contributed by atoms with Gasteiger partial charge < -0.3 is 4.90 Å². The Morgan fingerprint density at radius 2 is 1.88 bits per heavy atom. The Labute approximate surface area is 147 Å². The maximum absolute atomic E-state index is 13.0. The molecule has 24 heavy (non-hydrogen) atoms. The molecular formula is C20H24N2OS. The minimum Gasteiger partial charge on any atom is -0.345 e. The van der Waals surface area contributed by atoms with Crippen LogP contribution in [0.3, 0.4) is 0 Å². The Hall–Kier alpha value is -1.65. The van der Waals surface area contributed by atoms with E-state index in [1.54, 1.807) is 0 Å². The lowest BCUT2D eigenvalue weighted by Gasteiger charge is -2.41. The van der Waals surface area contributed by atoms with Crippen LogP contribution in [0.5, 0.6) is 0 Å². The third-order valence-electron chi connectivity index (χ3n) is 5.81. The van der Waals surface area contributed by atoms with Gasteiger partial charge in [0.1, 0.15) is 0 Å². The van der Waals surface area contributed by atoms with E-state index in [-0.39, 0.29) is 5.41 Å². The lowest BCUT2D eigenvalue weighted by atomic mass is 9.68. The normalized spacial score (nSPS) is 24.0. The third kappa shape index (κ3) is 2.68. The molecule has 0 bridgehead atoms. The molecule has 0 unspecified atom stereocenters. The van der Waals surface area contributed by atoms with Gasteiger partial charge in [-0.25, -0.2) is 0 Å². The van der Waals surface area contributed by atoms with Crippen LogP contribution in [0.15, 0.2) is 47.8 Å². The summed E-state index contributed by atoms with van der Waals surface area (Å²) in [6.45, 7) is 3.91. The molecule has 2 aliphatic heterocycles. The number of carbonyl (C=O) groups is 1. The van der Waals surface area contributed by atoms with Crippen molar-refractivity contribution >= 4 is 17.2 Å². The maximum atomic E-state index is 13.0. The van der Waals surface area contributed by atoms with Crippen LogP contribution in [0.1, 0.15) is 29.2 Å². The highest BCUT2D eigenvalue weighted by Crippen LogP contribution is 2.50. The zero-order valence-corrected chi connectivity index (χ0v) is 15.0. The lowest BCUT2D eigenvalue weighted by molar-refractivity contribution is -0.137. The quantitative estimate of drug-likeness (QED) is 0.852. The van der Waals surface area contributed by atoms with Crippen molar-refractivity contribution < 1.29 is 4.79 Å². The molecule has 1 amide bonds. The Kier molecular flexibility index (Phi) is 4.19. The first kappa shape index (κ1) is 15.9. The summed E-state index contributed by atoms with van der Waals surface area (Å²) in [6, 6.07) is 15.0. The molecule has 126 valence electrons. The van der Waals surface area contributed by atoms with Gasteiger partial charge in [-0.1, -0.05) is 36.4 Å². The fraction of sp³-hybridized carbons (Fsp3) is 0.450. The van der Waals surface area contributed by atoms with Gasteiger partial charge in [0.25, 0.3) is 0 Å². The number of piperidine rings is 1. The van der Waals surface area contributed by atoms with Gasteiger partial charge in [0.15, 0.2) is 0 Å². The molecule has 1 aromatic carbocycles. The number of amides is 1. The van der Waals surface area contributed by atoms with E-state index in [0.29, 0.717) is 11.8 Å². The zero-order valence-electron chi connectivity index (χ0n) is 14.1. The summed E-state index contributed by atoms with van der Waals surface area (Å²) in [6.07, 6.45) is 1.95. The Bertz CT molecular complexity index is 690. The van der Waals surface area contributed by atoms with Gasteiger partial charge in [-0.15, -0.1) is 11.3 Å². The first-order valence-corrected chi connectivity index (χ1v) is 9.62. The molecule has 1 aromatic heterocycles. The predicted molar refractivity (Wildman–Crippen MR) is 98.1 cm³/mol. The monoisotopic (exact) mass is 340 g/mol. The van der Waals surface area contributed by atoms with Crippen molar-refractivity contribution in [1.82, 2.24) is 9.80 Å². The van der Waals surface area contributed by atoms with Crippen LogP contribution in [0.2, 0.25) is 0 Å². The van der Waals surface area contributed by atoms with Crippen molar-refractivity contribution in [3.05, 3.63) is 58.3 Å². The van der Waals surface area contributed by atoms with Crippen molar-refractivity contribution in [2.45, 2.75) is 25.3 Å². The summed E-state index contributed by atoms with van der Waals surface area (Å²) >= 11 is 1.82. The fourth-order valence-electron chi connectivity index (χ4n) is 4.47. The lowest BCUT2D eigenvalue weighted by Crippen LogP contribution is -2.45. The van der Waals surface area contributed by atoms with Crippen LogP contribution < -0.4 is 0 Å². The van der Waals surface area contributed by atoms with E-state index >= 15 is 0 Å². The predicted octanol–water partition coefficient (Wildman–Crippen LogP) is 3.59. The van der Waals surface area contributed by atoms with Gasteiger partial charge in [0.2, 0.25) is 5.91 Å². The molecular weight excluding hydrogens is 316 g/mol. The van der Waals surface area contributed by atoms with Crippen molar-refractivity contribution in [3.8, 4) is 0 Å². The van der Waals surface area contributed by atoms with Gasteiger partial charge in [0.05, 0.1) is 5.41 Å². The van der Waals surface area contributed by atoms with Crippen LogP contribution in [0, 0.1) is 5.41 Å². The van der Waals surface area contributed by atoms with Gasteiger partial charge in [-0.05, 0) is 42.9 Å². The van der Waals surface area contributed by atoms with E-state index in [0.717, 1.165) is 39.0 Å². The van der Waals surface area contributed by atoms with Crippen LogP contribution >= 0.6 is 11.3 Å². The zero-order chi connectivity index (χ0) is 16.6. The Morgan fingerprint density at radius 1 is 1.12 bits per heavy atom. The maximum Gasteiger partial charge on any atom is 0.229 e. The number of carbonyl (C=O) groups excluding carboxylic acids is 1. The molecule has 4 rings (SSSR count). The molecule has 4 heteroatoms. The van der Waals surface area contributed by atoms with Crippen molar-refractivity contribution in [2.75, 3.05) is 26.7 Å². The molecule has 1 atom stereocenters. The van der Waals surface area contributed by atoms with Crippen molar-refractivity contribution in [3.63, 3.8) is 0 Å². The van der Waals surface area contributed by atoms with Gasteiger partial charge in [-0.3, -0.25) is 9.69 Å². The Balaban J connectivity index is 1.53. The second-order valence-electron chi connectivity index (χ2n) is 7.16. The molecule has 3 heterocycles. The number of benzene rings is 1. The van der Waals surface area contributed by atoms with E-state index < -0.39 is 0 Å². The molecule has 0 saturated carbocycles. The van der Waals surface area contributed by atoms with Crippen LogP contribution in [0.4, 0.5) is 0 Å². The molecule has 0 N–H and O–H groups in total. The minimum atomic E-state index is -0.192. The van der Waals surface area contributed by atoms with Crippen molar-refractivity contribution in [1.29, 1.82) is 0 Å². The average Bonchev–Trinajstić information content (AvgIpc) is 3.21. The summed E-state index contributed by atoms with van der Waals surface area (Å²) in [7, 11) is 1.96. The van der Waals surface area contributed by atoms with Gasteiger partial charge in [0, 0.05) is 30.9 Å². The summed E-state index contributed by atoms with van der Waals surface area (Å²) in [5.41, 5.74) is 1.13. The van der Waals surface area contributed by atoms with Crippen molar-refractivity contribution in [2.24, 2.45) is 5.41 Å². The highest BCUT2D eigenvalue weighted by molar-refractivity contribution is 7.09. The first-order valence-electron chi connectivity index (χ1n) is 8.74. The number of likely N-dealkylation sites (N-methyl/N-ethyl adjacent to an activating group) is 1. The smallest absolute Gasteiger partial charge is 0.229 e. The van der Waals surface area contributed by atoms with Gasteiger partial charge >= 0.3 is 0 Å². The van der Waals surface area contributed by atoms with Crippen LogP contribution in [-0.4, -0.2) is 42.4 Å². The van der Waals surface area contributed by atoms with E-state index in [9.17, 15) is 4.79 Å². The Morgan fingerprint density at radius 3 is 2.54 bits per heavy atom. The molecule has 1 spiro atoms. The molecule has 2 aliphatic rings. The van der Waals surface area contributed by atoms with Gasteiger partial charge in [-0.2, -0.15) is 0 Å². The molecule has 0 radical (unpaired) electrons. The summed E-state index contributed by atoms with van der Waals surface area (Å²) in [4.78, 5) is 18.9. The molecule has 2 aromatic rings. The second-order valence-corrected chi connectivity index (χ2v) is 8.19. The van der Waals surface area contributed by atoms with Crippen LogP contribution in [-0.2, 0) is 11.3 Å². The number of hydrogen-bond acceptors (Lipinski definition) is 3. The number of thiophene rings is 1. The fourth-order valence-corrected chi connectivity index (χ4v) is 5.21. The third-order valence-corrected chi connectivity index (χ3v) is 6.67. The van der Waals surface area contributed by atoms with E-state index in [1.165, 1.54) is 10.4 Å². The number of hydrogen-bond donors (Lipinski definition) is 0. The SMILES string of the molecule is CN1C[C@@H](c2ccccc2)C2(CCN(Cc3cccs3)CC2)C1=O. The highest BCUT2D eigenvalue weighted by Gasteiger charge is 2.54. The van der Waals surface area contributed by atoms with E-state index in [2.05, 4.69) is 52.7 Å². The largest absolute Gasteiger partial charge is 0.345 e. The summed E-state index contributed by atoms with van der Waals surface area (Å²) in [5, 5.41) is 2.14. The molecule has 2 saturated heterocycles. The highest BCUT2D eigenvalue weighted by atomic mass is 32.1. The minimum absolute atomic E-state index is 0.192. The second kappa shape index (κ2) is 6.34. The average molecular weight is 340 g/mol. The number of likely N-dealkylation sites (tertiary alicyclic amines) is 2. The topological polar surface area (TPSA) is 23.6 Å². The van der Waals surface area contributed by atoms with Crippen LogP contribution in [0.25, 0.3) is 0 Å². The molecule has 0 aliphatic carbocycles. The standard InChI is InChI=1S/C20H24N2OS/c1-21-15-18(16-6-3-2-4-7-16)20(19(21)23)9-11-22(12-10-20)14-17-8-5-13-24-17/h2-8,13,18H,9-12,14-15H2,1H3/t18-/m0/s1. The molecule has 3 nitrogen and oxygen atoms in total. The van der Waals surface area contributed by atoms with E-state index in [1.807, 2.05) is 23.3 Å². The summed E-state index contributed by atoms with van der Waals surface area (Å²) < 4.78 is 0. The summed E-state index contributed by atoms with van der Waals surface area (Å²) in [5.74, 6) is 0.687. The molecule has 2 fully saturated rings. The first-order chi connectivity index (χ1) is 11.7. The van der Waals surface area contributed by atoms with E-state index in [4.69, 9.17) is 0 Å². The number of rotatable bonds is 3.